The molecule has 0 aliphatic carbocycles. The first-order chi connectivity index (χ1) is 13.3. The van der Waals surface area contributed by atoms with Crippen LogP contribution < -0.4 is 15.4 Å². The molecule has 3 N–H and O–H groups in total. The Bertz CT molecular complexity index is 1100. The van der Waals surface area contributed by atoms with E-state index < -0.39 is 5.91 Å². The minimum atomic E-state index is -0.412. The van der Waals surface area contributed by atoms with Crippen LogP contribution in [0.4, 0.5) is 5.69 Å². The molecule has 0 aliphatic rings. The van der Waals surface area contributed by atoms with Gasteiger partial charge >= 0.3 is 0 Å². The third kappa shape index (κ3) is 3.95. The number of aromatic hydroxyl groups is 1. The Morgan fingerprint density at radius 3 is 2.61 bits per heavy atom. The van der Waals surface area contributed by atoms with Crippen molar-refractivity contribution in [1.29, 1.82) is 0 Å². The highest BCUT2D eigenvalue weighted by Crippen LogP contribution is 2.36. The number of amides is 1. The first kappa shape index (κ1) is 20.1. The van der Waals surface area contributed by atoms with Gasteiger partial charge in [-0.1, -0.05) is 30.3 Å². The summed E-state index contributed by atoms with van der Waals surface area (Å²) in [4.78, 5) is 12.8. The molecule has 3 aromatic rings. The van der Waals surface area contributed by atoms with Crippen molar-refractivity contribution < 1.29 is 14.6 Å². The lowest BCUT2D eigenvalue weighted by atomic mass is 10.1. The SMILES string of the molecule is COc1c(C(=O)NC(=S)Nc2cc(C)cc(C)c2O)cc2ccccc2c1Br. The number of carbonyl (C=O) groups excluding carboxylic acids is 1. The van der Waals surface area contributed by atoms with Crippen molar-refractivity contribution in [2.24, 2.45) is 0 Å². The van der Waals surface area contributed by atoms with Gasteiger partial charge in [-0.25, -0.2) is 0 Å². The van der Waals surface area contributed by atoms with E-state index >= 15 is 0 Å². The Morgan fingerprint density at radius 1 is 1.18 bits per heavy atom. The lowest BCUT2D eigenvalue weighted by Crippen LogP contribution is -2.34. The molecule has 144 valence electrons. The van der Waals surface area contributed by atoms with E-state index in [9.17, 15) is 9.90 Å². The molecule has 0 heterocycles. The van der Waals surface area contributed by atoms with Gasteiger partial charge in [-0.3, -0.25) is 10.1 Å². The molecule has 0 aromatic heterocycles. The summed E-state index contributed by atoms with van der Waals surface area (Å²) in [6, 6.07) is 13.1. The number of phenols is 1. The van der Waals surface area contributed by atoms with Gasteiger partial charge < -0.3 is 15.2 Å². The molecule has 1 amide bonds. The Balaban J connectivity index is 1.88. The van der Waals surface area contributed by atoms with Crippen LogP contribution in [-0.4, -0.2) is 23.2 Å². The van der Waals surface area contributed by atoms with Gasteiger partial charge in [-0.15, -0.1) is 0 Å². The lowest BCUT2D eigenvalue weighted by molar-refractivity contribution is 0.0975. The number of halogens is 1. The minimum Gasteiger partial charge on any atom is -0.505 e. The van der Waals surface area contributed by atoms with E-state index in [0.717, 1.165) is 21.9 Å². The summed E-state index contributed by atoms with van der Waals surface area (Å²) in [6.45, 7) is 3.71. The molecule has 0 unspecified atom stereocenters. The van der Waals surface area contributed by atoms with E-state index in [-0.39, 0.29) is 10.9 Å². The number of phenolic OH excluding ortho intramolecular Hbond substituents is 1. The summed E-state index contributed by atoms with van der Waals surface area (Å²) < 4.78 is 6.14. The number of hydrogen-bond donors (Lipinski definition) is 3. The highest BCUT2D eigenvalue weighted by molar-refractivity contribution is 9.10. The minimum absolute atomic E-state index is 0.0802. The molecular formula is C21H19BrN2O3S. The fraction of sp³-hybridized carbons (Fsp3) is 0.143. The number of ether oxygens (including phenoxy) is 1. The number of aryl methyl sites for hydroxylation is 2. The van der Waals surface area contributed by atoms with Crippen molar-refractivity contribution in [2.75, 3.05) is 12.4 Å². The van der Waals surface area contributed by atoms with Gasteiger partial charge in [-0.05, 0) is 76.0 Å². The van der Waals surface area contributed by atoms with Crippen LogP contribution in [0.2, 0.25) is 0 Å². The van der Waals surface area contributed by atoms with Crippen LogP contribution in [0.5, 0.6) is 11.5 Å². The Kier molecular flexibility index (Phi) is 5.86. The summed E-state index contributed by atoms with van der Waals surface area (Å²) in [6.07, 6.45) is 0. The number of fused-ring (bicyclic) bond motifs is 1. The van der Waals surface area contributed by atoms with Crippen molar-refractivity contribution >= 4 is 55.6 Å². The number of benzene rings is 3. The predicted molar refractivity (Wildman–Crippen MR) is 119 cm³/mol. The summed E-state index contributed by atoms with van der Waals surface area (Å²) in [5.41, 5.74) is 2.47. The second kappa shape index (κ2) is 8.16. The molecule has 0 aliphatic heterocycles. The number of hydrogen-bond acceptors (Lipinski definition) is 4. The first-order valence-electron chi connectivity index (χ1n) is 8.49. The van der Waals surface area contributed by atoms with Crippen LogP contribution in [-0.2, 0) is 0 Å². The second-order valence-electron chi connectivity index (χ2n) is 6.38. The molecule has 0 spiro atoms. The smallest absolute Gasteiger partial charge is 0.261 e. The van der Waals surface area contributed by atoms with Gasteiger partial charge in [0.05, 0.1) is 22.8 Å². The predicted octanol–water partition coefficient (Wildman–Crippen LogP) is 5.06. The fourth-order valence-corrected chi connectivity index (χ4v) is 3.97. The van der Waals surface area contributed by atoms with Crippen molar-refractivity contribution in [3.8, 4) is 11.5 Å². The maximum absolute atomic E-state index is 12.8. The lowest BCUT2D eigenvalue weighted by Gasteiger charge is -2.15. The van der Waals surface area contributed by atoms with Gasteiger partial charge in [0.1, 0.15) is 11.5 Å². The number of methoxy groups -OCH3 is 1. The number of nitrogens with one attached hydrogen (secondary N) is 2. The molecule has 0 fully saturated rings. The maximum Gasteiger partial charge on any atom is 0.261 e. The highest BCUT2D eigenvalue weighted by Gasteiger charge is 2.19. The molecule has 5 nitrogen and oxygen atoms in total. The summed E-state index contributed by atoms with van der Waals surface area (Å²) in [7, 11) is 1.51. The molecule has 0 atom stereocenters. The standard InChI is InChI=1S/C21H19BrN2O3S/c1-11-8-12(2)18(25)16(9-11)23-21(28)24-20(26)15-10-13-6-4-5-7-14(13)17(22)19(15)27-3/h4-10,25H,1-3H3,(H2,23,24,26,28). The Labute approximate surface area is 176 Å². The third-order valence-corrected chi connectivity index (χ3v) is 5.30. The molecule has 28 heavy (non-hydrogen) atoms. The molecule has 3 aromatic carbocycles. The maximum atomic E-state index is 12.8. The zero-order valence-electron chi connectivity index (χ0n) is 15.6. The van der Waals surface area contributed by atoms with E-state index in [1.54, 1.807) is 19.1 Å². The Hall–Kier alpha value is -2.64. The average molecular weight is 459 g/mol. The summed E-state index contributed by atoms with van der Waals surface area (Å²) >= 11 is 8.78. The molecule has 0 saturated heterocycles. The van der Waals surface area contributed by atoms with Crippen LogP contribution in [0.25, 0.3) is 10.8 Å². The number of carbonyl (C=O) groups is 1. The first-order valence-corrected chi connectivity index (χ1v) is 9.69. The van der Waals surface area contributed by atoms with Gasteiger partial charge in [0.15, 0.2) is 5.11 Å². The van der Waals surface area contributed by atoms with Gasteiger partial charge in [0.25, 0.3) is 5.91 Å². The van der Waals surface area contributed by atoms with E-state index in [4.69, 9.17) is 17.0 Å². The Morgan fingerprint density at radius 2 is 1.89 bits per heavy atom. The van der Waals surface area contributed by atoms with Crippen LogP contribution in [0.3, 0.4) is 0 Å². The van der Waals surface area contributed by atoms with Crippen molar-refractivity contribution in [3.05, 3.63) is 63.6 Å². The zero-order valence-corrected chi connectivity index (χ0v) is 18.0. The van der Waals surface area contributed by atoms with Crippen molar-refractivity contribution in [2.45, 2.75) is 13.8 Å². The van der Waals surface area contributed by atoms with E-state index in [0.29, 0.717) is 21.5 Å². The number of rotatable bonds is 3. The summed E-state index contributed by atoms with van der Waals surface area (Å²) in [5, 5.41) is 17.6. The molecule has 0 saturated carbocycles. The second-order valence-corrected chi connectivity index (χ2v) is 7.58. The quantitative estimate of drug-likeness (QED) is 0.377. The third-order valence-electron chi connectivity index (χ3n) is 4.31. The molecule has 0 radical (unpaired) electrons. The van der Waals surface area contributed by atoms with Crippen LogP contribution >= 0.6 is 28.1 Å². The molecular weight excluding hydrogens is 440 g/mol. The fourth-order valence-electron chi connectivity index (χ4n) is 3.03. The van der Waals surface area contributed by atoms with Crippen LogP contribution in [0.1, 0.15) is 21.5 Å². The highest BCUT2D eigenvalue weighted by atomic mass is 79.9. The molecule has 0 bridgehead atoms. The average Bonchev–Trinajstić information content (AvgIpc) is 2.65. The monoisotopic (exact) mass is 458 g/mol. The normalized spacial score (nSPS) is 10.6. The molecule has 3 rings (SSSR count). The molecule has 7 heteroatoms. The van der Waals surface area contributed by atoms with Crippen molar-refractivity contribution in [1.82, 2.24) is 5.32 Å². The van der Waals surface area contributed by atoms with Gasteiger partial charge in [0.2, 0.25) is 0 Å². The van der Waals surface area contributed by atoms with Crippen LogP contribution in [0.15, 0.2) is 46.9 Å². The van der Waals surface area contributed by atoms with Crippen molar-refractivity contribution in [3.63, 3.8) is 0 Å². The van der Waals surface area contributed by atoms with E-state index in [2.05, 4.69) is 26.6 Å². The van der Waals surface area contributed by atoms with Gasteiger partial charge in [0, 0.05) is 0 Å². The van der Waals surface area contributed by atoms with E-state index in [1.165, 1.54) is 7.11 Å². The van der Waals surface area contributed by atoms with Crippen LogP contribution in [0, 0.1) is 13.8 Å². The number of anilines is 1. The zero-order chi connectivity index (χ0) is 20.4. The number of thiocarbonyl (C=S) groups is 1. The van der Waals surface area contributed by atoms with E-state index in [1.807, 2.05) is 37.3 Å². The van der Waals surface area contributed by atoms with Gasteiger partial charge in [-0.2, -0.15) is 0 Å². The topological polar surface area (TPSA) is 70.6 Å². The summed E-state index contributed by atoms with van der Waals surface area (Å²) in [5.74, 6) is 0.103. The largest absolute Gasteiger partial charge is 0.505 e.